The molecule has 3 heterocycles. The van der Waals surface area contributed by atoms with E-state index in [1.54, 1.807) is 18.1 Å². The number of aromatic amines is 1. The van der Waals surface area contributed by atoms with Crippen LogP contribution in [0.3, 0.4) is 0 Å². The van der Waals surface area contributed by atoms with E-state index in [0.29, 0.717) is 30.4 Å². The standard InChI is InChI=1S/C19H25F2N7OS/c1-19(2)10-29-12(7-26-30-3)9-28(19)17-6-14(24-11-25-17)15-8-23-16(27-15)5-4-13(22)18(20)21/h4-6,8,11-12,18,22,26H,7,9-10H2,1-3H3,(H,23,27)/b5-4-,22-13?. The molecule has 162 valence electrons. The smallest absolute Gasteiger partial charge is 0.279 e. The lowest BCUT2D eigenvalue weighted by atomic mass is 10.0. The molecule has 0 spiro atoms. The third kappa shape index (κ3) is 5.41. The topological polar surface area (TPSA) is 103 Å². The molecule has 3 rings (SSSR count). The number of morpholine rings is 1. The summed E-state index contributed by atoms with van der Waals surface area (Å²) in [5.41, 5.74) is 0.266. The van der Waals surface area contributed by atoms with E-state index in [4.69, 9.17) is 10.1 Å². The first-order chi connectivity index (χ1) is 14.3. The van der Waals surface area contributed by atoms with Crippen molar-refractivity contribution in [3.63, 3.8) is 0 Å². The Morgan fingerprint density at radius 3 is 3.00 bits per heavy atom. The highest BCUT2D eigenvalue weighted by Crippen LogP contribution is 2.29. The number of alkyl halides is 2. The van der Waals surface area contributed by atoms with Gasteiger partial charge in [-0.2, -0.15) is 0 Å². The van der Waals surface area contributed by atoms with Gasteiger partial charge in [0.1, 0.15) is 18.0 Å². The molecular formula is C19H25F2N7OS. The number of allylic oxidation sites excluding steroid dienone is 1. The fraction of sp³-hybridized carbons (Fsp3) is 0.474. The molecule has 2 aromatic rings. The lowest BCUT2D eigenvalue weighted by Crippen LogP contribution is -2.58. The van der Waals surface area contributed by atoms with E-state index in [2.05, 4.69) is 43.4 Å². The van der Waals surface area contributed by atoms with Crippen molar-refractivity contribution in [1.29, 1.82) is 5.41 Å². The summed E-state index contributed by atoms with van der Waals surface area (Å²) in [6, 6.07) is 1.87. The predicted octanol–water partition coefficient (Wildman–Crippen LogP) is 3.02. The van der Waals surface area contributed by atoms with Gasteiger partial charge in [0.25, 0.3) is 6.43 Å². The maximum absolute atomic E-state index is 12.4. The second kappa shape index (κ2) is 9.63. The number of H-pyrrole nitrogens is 1. The molecular weight excluding hydrogens is 412 g/mol. The molecule has 2 aromatic heterocycles. The average Bonchev–Trinajstić information content (AvgIpc) is 3.20. The Balaban J connectivity index is 1.79. The molecule has 1 aliphatic heterocycles. The Morgan fingerprint density at radius 1 is 1.47 bits per heavy atom. The molecule has 1 atom stereocenters. The lowest BCUT2D eigenvalue weighted by molar-refractivity contribution is -0.0000785. The Bertz CT molecular complexity index is 903. The van der Waals surface area contributed by atoms with Gasteiger partial charge in [0.2, 0.25) is 0 Å². The van der Waals surface area contributed by atoms with Crippen LogP contribution < -0.4 is 9.62 Å². The minimum atomic E-state index is -2.81. The van der Waals surface area contributed by atoms with E-state index < -0.39 is 12.1 Å². The number of rotatable bonds is 8. The lowest BCUT2D eigenvalue weighted by Gasteiger charge is -2.46. The van der Waals surface area contributed by atoms with Crippen LogP contribution in [0.25, 0.3) is 17.5 Å². The Hall–Kier alpha value is -2.37. The fourth-order valence-electron chi connectivity index (χ4n) is 3.04. The van der Waals surface area contributed by atoms with Gasteiger partial charge in [-0.1, -0.05) is 11.9 Å². The van der Waals surface area contributed by atoms with Gasteiger partial charge in [-0.05, 0) is 32.3 Å². The number of hydrogen-bond donors (Lipinski definition) is 3. The molecule has 3 N–H and O–H groups in total. The summed E-state index contributed by atoms with van der Waals surface area (Å²) >= 11 is 1.56. The molecule has 11 heteroatoms. The minimum absolute atomic E-state index is 0.0398. The van der Waals surface area contributed by atoms with E-state index in [0.717, 1.165) is 18.4 Å². The maximum Gasteiger partial charge on any atom is 0.279 e. The highest BCUT2D eigenvalue weighted by atomic mass is 32.2. The summed E-state index contributed by atoms with van der Waals surface area (Å²) < 4.78 is 34.1. The zero-order chi connectivity index (χ0) is 21.7. The van der Waals surface area contributed by atoms with Gasteiger partial charge in [-0.25, -0.2) is 23.7 Å². The van der Waals surface area contributed by atoms with Crippen molar-refractivity contribution in [2.75, 3.05) is 30.9 Å². The Kier molecular flexibility index (Phi) is 7.16. The van der Waals surface area contributed by atoms with E-state index >= 15 is 0 Å². The highest BCUT2D eigenvalue weighted by Gasteiger charge is 2.36. The fourth-order valence-corrected chi connectivity index (χ4v) is 3.39. The molecule has 0 amide bonds. The van der Waals surface area contributed by atoms with Crippen LogP contribution >= 0.6 is 11.9 Å². The number of aromatic nitrogens is 4. The summed E-state index contributed by atoms with van der Waals surface area (Å²) in [4.78, 5) is 18.2. The van der Waals surface area contributed by atoms with E-state index in [9.17, 15) is 8.78 Å². The molecule has 0 radical (unpaired) electrons. The van der Waals surface area contributed by atoms with Gasteiger partial charge in [0, 0.05) is 19.2 Å². The molecule has 0 bridgehead atoms. The van der Waals surface area contributed by atoms with Gasteiger partial charge in [-0.3, -0.25) is 10.1 Å². The monoisotopic (exact) mass is 437 g/mol. The Labute approximate surface area is 178 Å². The van der Waals surface area contributed by atoms with Gasteiger partial charge < -0.3 is 14.6 Å². The molecule has 0 aromatic carbocycles. The first-order valence-corrected chi connectivity index (χ1v) is 10.6. The number of hydrogen-bond acceptors (Lipinski definition) is 8. The molecule has 0 saturated carbocycles. The first kappa shape index (κ1) is 22.3. The number of imidazole rings is 1. The van der Waals surface area contributed by atoms with E-state index in [1.165, 1.54) is 12.4 Å². The number of halogens is 2. The second-order valence-electron chi connectivity index (χ2n) is 7.44. The highest BCUT2D eigenvalue weighted by molar-refractivity contribution is 7.96. The predicted molar refractivity (Wildman–Crippen MR) is 115 cm³/mol. The zero-order valence-electron chi connectivity index (χ0n) is 17.0. The third-order valence-corrected chi connectivity index (χ3v) is 5.16. The SMILES string of the molecule is CSNCC1CN(c2cc(-c3cnc(/C=C\C(=N)C(F)F)[nH]3)ncn2)C(C)(C)CO1. The van der Waals surface area contributed by atoms with Crippen molar-refractivity contribution in [3.05, 3.63) is 30.5 Å². The maximum atomic E-state index is 12.4. The largest absolute Gasteiger partial charge is 0.373 e. The molecule has 1 unspecified atom stereocenters. The van der Waals surface area contributed by atoms with Crippen molar-refractivity contribution < 1.29 is 13.5 Å². The van der Waals surface area contributed by atoms with Crippen molar-refractivity contribution in [2.45, 2.75) is 31.9 Å². The van der Waals surface area contributed by atoms with Crippen molar-refractivity contribution in [2.24, 2.45) is 0 Å². The van der Waals surface area contributed by atoms with Crippen molar-refractivity contribution >= 4 is 29.6 Å². The van der Waals surface area contributed by atoms with Crippen molar-refractivity contribution in [1.82, 2.24) is 24.7 Å². The molecule has 1 fully saturated rings. The second-order valence-corrected chi connectivity index (χ2v) is 8.14. The average molecular weight is 438 g/mol. The Morgan fingerprint density at radius 2 is 2.27 bits per heavy atom. The van der Waals surface area contributed by atoms with Gasteiger partial charge >= 0.3 is 0 Å². The number of ether oxygens (including phenoxy) is 1. The zero-order valence-corrected chi connectivity index (χ0v) is 17.8. The summed E-state index contributed by atoms with van der Waals surface area (Å²) in [6.07, 6.45) is 4.64. The molecule has 1 saturated heterocycles. The quantitative estimate of drug-likeness (QED) is 0.431. The summed E-state index contributed by atoms with van der Waals surface area (Å²) in [5.74, 6) is 1.14. The molecule has 8 nitrogen and oxygen atoms in total. The van der Waals surface area contributed by atoms with Crippen LogP contribution in [-0.4, -0.2) is 69.7 Å². The van der Waals surface area contributed by atoms with Gasteiger partial charge in [0.05, 0.1) is 41.5 Å². The molecule has 30 heavy (non-hydrogen) atoms. The third-order valence-electron chi connectivity index (χ3n) is 4.70. The van der Waals surface area contributed by atoms with Crippen LogP contribution in [0.4, 0.5) is 14.6 Å². The van der Waals surface area contributed by atoms with Crippen LogP contribution in [-0.2, 0) is 4.74 Å². The van der Waals surface area contributed by atoms with Gasteiger partial charge in [-0.15, -0.1) is 0 Å². The molecule has 0 aliphatic carbocycles. The van der Waals surface area contributed by atoms with Crippen molar-refractivity contribution in [3.8, 4) is 11.4 Å². The summed E-state index contributed by atoms with van der Waals surface area (Å²) in [5, 5.41) is 7.18. The van der Waals surface area contributed by atoms with Crippen LogP contribution in [0.5, 0.6) is 0 Å². The molecule has 1 aliphatic rings. The number of anilines is 1. The summed E-state index contributed by atoms with van der Waals surface area (Å²) in [6.45, 7) is 6.19. The van der Waals surface area contributed by atoms with E-state index in [-0.39, 0.29) is 11.6 Å². The van der Waals surface area contributed by atoms with Gasteiger partial charge in [0.15, 0.2) is 0 Å². The first-order valence-electron chi connectivity index (χ1n) is 9.37. The van der Waals surface area contributed by atoms with Crippen LogP contribution in [0, 0.1) is 5.41 Å². The normalized spacial score (nSPS) is 19.0. The van der Waals surface area contributed by atoms with Crippen LogP contribution in [0.2, 0.25) is 0 Å². The number of nitrogens with zero attached hydrogens (tertiary/aromatic N) is 4. The van der Waals surface area contributed by atoms with Crippen LogP contribution in [0.1, 0.15) is 19.7 Å². The minimum Gasteiger partial charge on any atom is -0.373 e. The van der Waals surface area contributed by atoms with Crippen LogP contribution in [0.15, 0.2) is 24.7 Å². The van der Waals surface area contributed by atoms with E-state index in [1.807, 2.05) is 12.3 Å². The number of nitrogens with one attached hydrogen (secondary N) is 3. The summed E-state index contributed by atoms with van der Waals surface area (Å²) in [7, 11) is 0.